The molecular formula is C15H20O7S. The number of ether oxygens (including phenoxy) is 3. The van der Waals surface area contributed by atoms with E-state index < -0.39 is 40.5 Å². The van der Waals surface area contributed by atoms with E-state index in [2.05, 4.69) is 0 Å². The molecule has 3 rings (SSSR count). The zero-order valence-corrected chi connectivity index (χ0v) is 13.9. The van der Waals surface area contributed by atoms with Crippen molar-refractivity contribution >= 4 is 10.1 Å². The summed E-state index contributed by atoms with van der Waals surface area (Å²) in [6.45, 7) is 5.05. The van der Waals surface area contributed by atoms with Gasteiger partial charge < -0.3 is 19.3 Å². The van der Waals surface area contributed by atoms with Crippen LogP contribution in [0.3, 0.4) is 0 Å². The summed E-state index contributed by atoms with van der Waals surface area (Å²) in [6.07, 6.45) is -3.12. The van der Waals surface area contributed by atoms with Gasteiger partial charge >= 0.3 is 0 Å². The van der Waals surface area contributed by atoms with Crippen LogP contribution in [0.5, 0.6) is 0 Å². The standard InChI is InChI=1S/C15H20O7S/c1-9-4-6-10(7-5-9)23(17,18)19-8-11-12-13(14(16)20-11)22-15(2,3)21-12/h4-7,11-14,16H,8H2,1-3H3/t11-,12-,13-,14?/m1/s1. The smallest absolute Gasteiger partial charge is 0.297 e. The van der Waals surface area contributed by atoms with Crippen molar-refractivity contribution in [2.45, 2.75) is 56.1 Å². The molecule has 8 heteroatoms. The van der Waals surface area contributed by atoms with Crippen LogP contribution in [0.15, 0.2) is 29.2 Å². The Labute approximate surface area is 135 Å². The van der Waals surface area contributed by atoms with Crippen LogP contribution in [0.25, 0.3) is 0 Å². The van der Waals surface area contributed by atoms with Crippen LogP contribution in [0.4, 0.5) is 0 Å². The van der Waals surface area contributed by atoms with Gasteiger partial charge in [-0.3, -0.25) is 4.18 Å². The van der Waals surface area contributed by atoms with Crippen LogP contribution in [0, 0.1) is 6.92 Å². The normalized spacial score (nSPS) is 32.9. The maximum Gasteiger partial charge on any atom is 0.297 e. The first-order valence-electron chi connectivity index (χ1n) is 7.33. The third-order valence-corrected chi connectivity index (χ3v) is 5.12. The first-order chi connectivity index (χ1) is 10.7. The van der Waals surface area contributed by atoms with Gasteiger partial charge in [0.05, 0.1) is 11.5 Å². The summed E-state index contributed by atoms with van der Waals surface area (Å²) < 4.78 is 45.9. The highest BCUT2D eigenvalue weighted by molar-refractivity contribution is 7.86. The van der Waals surface area contributed by atoms with Crippen molar-refractivity contribution < 1.29 is 31.9 Å². The van der Waals surface area contributed by atoms with Gasteiger partial charge in [-0.2, -0.15) is 8.42 Å². The van der Waals surface area contributed by atoms with Crippen molar-refractivity contribution in [3.8, 4) is 0 Å². The van der Waals surface area contributed by atoms with Gasteiger partial charge in [0, 0.05) is 0 Å². The summed E-state index contributed by atoms with van der Waals surface area (Å²) in [6, 6.07) is 6.35. The maximum atomic E-state index is 12.2. The molecule has 2 fully saturated rings. The van der Waals surface area contributed by atoms with Crippen LogP contribution < -0.4 is 0 Å². The summed E-state index contributed by atoms with van der Waals surface area (Å²) in [4.78, 5) is 0.0714. The molecule has 2 aliphatic rings. The molecule has 0 aliphatic carbocycles. The largest absolute Gasteiger partial charge is 0.366 e. The van der Waals surface area contributed by atoms with E-state index in [1.807, 2.05) is 6.92 Å². The predicted octanol–water partition coefficient (Wildman–Crippen LogP) is 0.938. The lowest BCUT2D eigenvalue weighted by Gasteiger charge is -2.22. The minimum atomic E-state index is -3.90. The third kappa shape index (κ3) is 3.42. The molecule has 0 spiro atoms. The van der Waals surface area contributed by atoms with E-state index in [1.54, 1.807) is 26.0 Å². The van der Waals surface area contributed by atoms with Crippen LogP contribution in [-0.2, 0) is 28.5 Å². The molecule has 1 aromatic carbocycles. The fourth-order valence-corrected chi connectivity index (χ4v) is 3.64. The van der Waals surface area contributed by atoms with Gasteiger partial charge in [0.2, 0.25) is 0 Å². The number of fused-ring (bicyclic) bond motifs is 1. The predicted molar refractivity (Wildman–Crippen MR) is 79.0 cm³/mol. The van der Waals surface area contributed by atoms with Crippen molar-refractivity contribution in [3.63, 3.8) is 0 Å². The lowest BCUT2D eigenvalue weighted by Crippen LogP contribution is -2.33. The molecule has 2 saturated heterocycles. The molecule has 1 N–H and O–H groups in total. The zero-order valence-electron chi connectivity index (χ0n) is 13.1. The van der Waals surface area contributed by atoms with Gasteiger partial charge in [0.25, 0.3) is 10.1 Å². The first kappa shape index (κ1) is 16.8. The molecule has 1 aromatic rings. The molecule has 0 bridgehead atoms. The number of rotatable bonds is 4. The maximum absolute atomic E-state index is 12.2. The quantitative estimate of drug-likeness (QED) is 0.813. The van der Waals surface area contributed by atoms with Gasteiger partial charge in [-0.1, -0.05) is 17.7 Å². The van der Waals surface area contributed by atoms with Gasteiger partial charge in [-0.25, -0.2) is 0 Å². The first-order valence-corrected chi connectivity index (χ1v) is 8.74. The van der Waals surface area contributed by atoms with Crippen molar-refractivity contribution in [1.29, 1.82) is 0 Å². The molecule has 128 valence electrons. The van der Waals surface area contributed by atoms with Crippen LogP contribution >= 0.6 is 0 Å². The van der Waals surface area contributed by atoms with Crippen LogP contribution in [0.1, 0.15) is 19.4 Å². The summed E-state index contributed by atoms with van der Waals surface area (Å²) in [7, 11) is -3.90. The minimum absolute atomic E-state index is 0.0714. The lowest BCUT2D eigenvalue weighted by atomic mass is 10.1. The number of hydrogen-bond donors (Lipinski definition) is 1. The molecule has 2 aliphatic heterocycles. The van der Waals surface area contributed by atoms with Gasteiger partial charge in [0.1, 0.15) is 18.3 Å². The zero-order chi connectivity index (χ0) is 16.8. The van der Waals surface area contributed by atoms with E-state index in [4.69, 9.17) is 18.4 Å². The highest BCUT2D eigenvalue weighted by Gasteiger charge is 2.55. The average molecular weight is 344 g/mol. The Balaban J connectivity index is 1.67. The molecule has 0 aromatic heterocycles. The van der Waals surface area contributed by atoms with Crippen LogP contribution in [0.2, 0.25) is 0 Å². The Bertz CT molecular complexity index is 668. The Morgan fingerprint density at radius 1 is 1.17 bits per heavy atom. The number of benzene rings is 1. The second kappa shape index (κ2) is 5.80. The van der Waals surface area contributed by atoms with Crippen LogP contribution in [-0.4, -0.2) is 50.5 Å². The lowest BCUT2D eigenvalue weighted by molar-refractivity contribution is -0.222. The Kier molecular flexibility index (Phi) is 4.24. The fourth-order valence-electron chi connectivity index (χ4n) is 2.72. The molecule has 0 amide bonds. The molecule has 2 heterocycles. The van der Waals surface area contributed by atoms with Gasteiger partial charge in [-0.05, 0) is 32.9 Å². The van der Waals surface area contributed by atoms with E-state index in [9.17, 15) is 13.5 Å². The SMILES string of the molecule is Cc1ccc(S(=O)(=O)OC[C@H]2OC(O)[C@@H]3OC(C)(C)O[C@H]23)cc1. The Morgan fingerprint density at radius 2 is 1.78 bits per heavy atom. The number of hydrogen-bond acceptors (Lipinski definition) is 7. The highest BCUT2D eigenvalue weighted by Crippen LogP contribution is 2.38. The number of aliphatic hydroxyl groups excluding tert-OH is 1. The third-order valence-electron chi connectivity index (χ3n) is 3.82. The van der Waals surface area contributed by atoms with Crippen molar-refractivity contribution in [3.05, 3.63) is 29.8 Å². The summed E-state index contributed by atoms with van der Waals surface area (Å²) >= 11 is 0. The molecule has 7 nitrogen and oxygen atoms in total. The highest BCUT2D eigenvalue weighted by atomic mass is 32.2. The minimum Gasteiger partial charge on any atom is -0.366 e. The van der Waals surface area contributed by atoms with Gasteiger partial charge in [-0.15, -0.1) is 0 Å². The Morgan fingerprint density at radius 3 is 2.43 bits per heavy atom. The average Bonchev–Trinajstić information content (AvgIpc) is 2.92. The van der Waals surface area contributed by atoms with Crippen molar-refractivity contribution in [2.24, 2.45) is 0 Å². The fraction of sp³-hybridized carbons (Fsp3) is 0.600. The van der Waals surface area contributed by atoms with E-state index in [0.29, 0.717) is 0 Å². The number of aryl methyl sites for hydroxylation is 1. The molecule has 0 radical (unpaired) electrons. The second-order valence-electron chi connectivity index (χ2n) is 6.18. The summed E-state index contributed by atoms with van der Waals surface area (Å²) in [5.74, 6) is -0.853. The van der Waals surface area contributed by atoms with Gasteiger partial charge in [0.15, 0.2) is 12.1 Å². The van der Waals surface area contributed by atoms with E-state index in [0.717, 1.165) is 5.56 Å². The summed E-state index contributed by atoms with van der Waals surface area (Å²) in [5, 5.41) is 9.85. The topological polar surface area (TPSA) is 91.3 Å². The van der Waals surface area contributed by atoms with E-state index >= 15 is 0 Å². The van der Waals surface area contributed by atoms with Crippen molar-refractivity contribution in [1.82, 2.24) is 0 Å². The molecule has 23 heavy (non-hydrogen) atoms. The number of aliphatic hydroxyl groups is 1. The molecular weight excluding hydrogens is 324 g/mol. The van der Waals surface area contributed by atoms with E-state index in [1.165, 1.54) is 12.1 Å². The summed E-state index contributed by atoms with van der Waals surface area (Å²) in [5.41, 5.74) is 0.952. The molecule has 1 unspecified atom stereocenters. The monoisotopic (exact) mass is 344 g/mol. The second-order valence-corrected chi connectivity index (χ2v) is 7.80. The Hall–Kier alpha value is -1.03. The van der Waals surface area contributed by atoms with E-state index in [-0.39, 0.29) is 11.5 Å². The van der Waals surface area contributed by atoms with Crippen molar-refractivity contribution in [2.75, 3.05) is 6.61 Å². The molecule has 0 saturated carbocycles. The molecule has 4 atom stereocenters.